The third-order valence-electron chi connectivity index (χ3n) is 2.42. The molecule has 0 spiro atoms. The fourth-order valence-corrected chi connectivity index (χ4v) is 1.52. The molecular weight excluding hydrogens is 198 g/mol. The molecule has 1 aromatic heterocycles. The monoisotopic (exact) mass is 211 g/mol. The molecule has 1 saturated carbocycles. The summed E-state index contributed by atoms with van der Waals surface area (Å²) >= 11 is 5.66. The van der Waals surface area contributed by atoms with Crippen molar-refractivity contribution in [3.63, 3.8) is 0 Å². The molecule has 0 saturated heterocycles. The van der Waals surface area contributed by atoms with Gasteiger partial charge >= 0.3 is 0 Å². The van der Waals surface area contributed by atoms with E-state index >= 15 is 0 Å². The van der Waals surface area contributed by atoms with E-state index in [1.807, 2.05) is 7.05 Å². The summed E-state index contributed by atoms with van der Waals surface area (Å²) in [5, 5.41) is 0. The van der Waals surface area contributed by atoms with Crippen molar-refractivity contribution in [1.29, 1.82) is 0 Å². The van der Waals surface area contributed by atoms with Crippen molar-refractivity contribution in [2.75, 3.05) is 18.5 Å². The molecule has 0 atom stereocenters. The highest BCUT2D eigenvalue weighted by Crippen LogP contribution is 2.29. The van der Waals surface area contributed by atoms with Gasteiger partial charge in [0.25, 0.3) is 0 Å². The van der Waals surface area contributed by atoms with Crippen LogP contribution in [0.5, 0.6) is 0 Å². The van der Waals surface area contributed by atoms with Crippen molar-refractivity contribution in [3.05, 3.63) is 18.0 Å². The van der Waals surface area contributed by atoms with Crippen molar-refractivity contribution < 1.29 is 0 Å². The zero-order valence-corrected chi connectivity index (χ0v) is 9.04. The Morgan fingerprint density at radius 2 is 2.07 bits per heavy atom. The van der Waals surface area contributed by atoms with E-state index in [1.165, 1.54) is 12.8 Å². The predicted octanol–water partition coefficient (Wildman–Crippen LogP) is 2.06. The van der Waals surface area contributed by atoms with E-state index in [0.717, 1.165) is 24.0 Å². The van der Waals surface area contributed by atoms with Gasteiger partial charge in [-0.25, -0.2) is 9.97 Å². The van der Waals surface area contributed by atoms with Crippen LogP contribution < -0.4 is 4.90 Å². The minimum absolute atomic E-state index is 0.479. The van der Waals surface area contributed by atoms with Crippen LogP contribution in [0.4, 0.5) is 5.95 Å². The highest BCUT2D eigenvalue weighted by atomic mass is 35.5. The standard InChI is InChI=1S/C10H14ClN3/c1-14(7-8-2-3-8)10-12-5-9(4-11)6-13-10/h5-6,8H,2-4,7H2,1H3. The van der Waals surface area contributed by atoms with E-state index in [1.54, 1.807) is 12.4 Å². The lowest BCUT2D eigenvalue weighted by Gasteiger charge is -2.15. The highest BCUT2D eigenvalue weighted by molar-refractivity contribution is 6.17. The molecule has 1 heterocycles. The number of anilines is 1. The first-order valence-electron chi connectivity index (χ1n) is 4.87. The minimum atomic E-state index is 0.479. The average molecular weight is 212 g/mol. The molecule has 1 aliphatic rings. The lowest BCUT2D eigenvalue weighted by molar-refractivity contribution is 0.763. The summed E-state index contributed by atoms with van der Waals surface area (Å²) in [6.45, 7) is 1.07. The molecule has 1 aromatic rings. The SMILES string of the molecule is CN(CC1CC1)c1ncc(CCl)cn1. The largest absolute Gasteiger partial charge is 0.344 e. The molecule has 4 heteroatoms. The van der Waals surface area contributed by atoms with Crippen LogP contribution in [0.25, 0.3) is 0 Å². The molecule has 0 aromatic carbocycles. The Labute approximate surface area is 89.1 Å². The number of nitrogens with zero attached hydrogens (tertiary/aromatic N) is 3. The zero-order chi connectivity index (χ0) is 9.97. The van der Waals surface area contributed by atoms with E-state index in [2.05, 4.69) is 14.9 Å². The molecule has 14 heavy (non-hydrogen) atoms. The van der Waals surface area contributed by atoms with Crippen molar-refractivity contribution in [2.24, 2.45) is 5.92 Å². The third kappa shape index (κ3) is 2.35. The maximum atomic E-state index is 5.66. The van der Waals surface area contributed by atoms with Crippen LogP contribution in [-0.2, 0) is 5.88 Å². The first kappa shape index (κ1) is 9.71. The van der Waals surface area contributed by atoms with E-state index < -0.39 is 0 Å². The van der Waals surface area contributed by atoms with Gasteiger partial charge in [0, 0.05) is 31.5 Å². The summed E-state index contributed by atoms with van der Waals surface area (Å²) in [6.07, 6.45) is 6.28. The second-order valence-corrected chi connectivity index (χ2v) is 4.12. The number of halogens is 1. The Kier molecular flexibility index (Phi) is 2.87. The first-order valence-corrected chi connectivity index (χ1v) is 5.41. The fraction of sp³-hybridized carbons (Fsp3) is 0.600. The molecule has 0 amide bonds. The van der Waals surface area contributed by atoms with Gasteiger partial charge in [-0.3, -0.25) is 0 Å². The number of rotatable bonds is 4. The second kappa shape index (κ2) is 4.13. The maximum Gasteiger partial charge on any atom is 0.225 e. The second-order valence-electron chi connectivity index (χ2n) is 3.85. The van der Waals surface area contributed by atoms with E-state index in [0.29, 0.717) is 5.88 Å². The van der Waals surface area contributed by atoms with Gasteiger partial charge in [0.05, 0.1) is 5.88 Å². The smallest absolute Gasteiger partial charge is 0.225 e. The Hall–Kier alpha value is -0.830. The summed E-state index contributed by atoms with van der Waals surface area (Å²) in [6, 6.07) is 0. The molecule has 0 unspecified atom stereocenters. The number of hydrogen-bond acceptors (Lipinski definition) is 3. The van der Waals surface area contributed by atoms with Crippen LogP contribution in [0.3, 0.4) is 0 Å². The highest BCUT2D eigenvalue weighted by Gasteiger charge is 2.23. The maximum absolute atomic E-state index is 5.66. The van der Waals surface area contributed by atoms with Crippen LogP contribution >= 0.6 is 11.6 Å². The normalized spacial score (nSPS) is 15.6. The quantitative estimate of drug-likeness (QED) is 0.714. The molecule has 0 bridgehead atoms. The van der Waals surface area contributed by atoms with Crippen molar-refractivity contribution >= 4 is 17.5 Å². The summed E-state index contributed by atoms with van der Waals surface area (Å²) in [5.41, 5.74) is 0.968. The van der Waals surface area contributed by atoms with Crippen LogP contribution in [0.1, 0.15) is 18.4 Å². The average Bonchev–Trinajstić information content (AvgIpc) is 3.02. The number of hydrogen-bond donors (Lipinski definition) is 0. The van der Waals surface area contributed by atoms with Gasteiger partial charge in [-0.05, 0) is 18.8 Å². The molecule has 0 N–H and O–H groups in total. The van der Waals surface area contributed by atoms with Crippen molar-refractivity contribution in [2.45, 2.75) is 18.7 Å². The number of aromatic nitrogens is 2. The van der Waals surface area contributed by atoms with Crippen LogP contribution in [0.2, 0.25) is 0 Å². The molecule has 76 valence electrons. The number of alkyl halides is 1. The Morgan fingerprint density at radius 3 is 2.57 bits per heavy atom. The minimum Gasteiger partial charge on any atom is -0.344 e. The molecular formula is C10H14ClN3. The summed E-state index contributed by atoms with van der Waals surface area (Å²) in [4.78, 5) is 10.6. The lowest BCUT2D eigenvalue weighted by Crippen LogP contribution is -2.22. The lowest BCUT2D eigenvalue weighted by atomic mass is 10.4. The summed E-state index contributed by atoms with van der Waals surface area (Å²) in [7, 11) is 2.04. The van der Waals surface area contributed by atoms with Gasteiger partial charge in [0.15, 0.2) is 0 Å². The molecule has 1 aliphatic carbocycles. The molecule has 0 aliphatic heterocycles. The van der Waals surface area contributed by atoms with Gasteiger partial charge in [-0.15, -0.1) is 11.6 Å². The van der Waals surface area contributed by atoms with Crippen molar-refractivity contribution in [1.82, 2.24) is 9.97 Å². The van der Waals surface area contributed by atoms with Crippen LogP contribution in [-0.4, -0.2) is 23.6 Å². The molecule has 3 nitrogen and oxygen atoms in total. The summed E-state index contributed by atoms with van der Waals surface area (Å²) in [5.74, 6) is 2.13. The summed E-state index contributed by atoms with van der Waals surface area (Å²) < 4.78 is 0. The van der Waals surface area contributed by atoms with Gasteiger partial charge in [0.2, 0.25) is 5.95 Å². The Bertz CT molecular complexity index is 295. The molecule has 1 fully saturated rings. The van der Waals surface area contributed by atoms with Crippen LogP contribution in [0, 0.1) is 5.92 Å². The van der Waals surface area contributed by atoms with E-state index in [-0.39, 0.29) is 0 Å². The van der Waals surface area contributed by atoms with Gasteiger partial charge in [-0.2, -0.15) is 0 Å². The topological polar surface area (TPSA) is 29.0 Å². The van der Waals surface area contributed by atoms with Gasteiger partial charge < -0.3 is 4.90 Å². The van der Waals surface area contributed by atoms with E-state index in [4.69, 9.17) is 11.6 Å². The third-order valence-corrected chi connectivity index (χ3v) is 2.72. The van der Waals surface area contributed by atoms with Gasteiger partial charge in [-0.1, -0.05) is 0 Å². The zero-order valence-electron chi connectivity index (χ0n) is 8.28. The molecule has 2 rings (SSSR count). The van der Waals surface area contributed by atoms with Crippen LogP contribution in [0.15, 0.2) is 12.4 Å². The molecule has 0 radical (unpaired) electrons. The van der Waals surface area contributed by atoms with Gasteiger partial charge in [0.1, 0.15) is 0 Å². The Morgan fingerprint density at radius 1 is 1.43 bits per heavy atom. The van der Waals surface area contributed by atoms with E-state index in [9.17, 15) is 0 Å². The predicted molar refractivity (Wildman–Crippen MR) is 57.6 cm³/mol. The fourth-order valence-electron chi connectivity index (χ4n) is 1.38. The Balaban J connectivity index is 1.99. The first-order chi connectivity index (χ1) is 6.79. The van der Waals surface area contributed by atoms with Crippen molar-refractivity contribution in [3.8, 4) is 0 Å².